The molecule has 2 N–H and O–H groups in total. The zero-order chi connectivity index (χ0) is 11.4. The van der Waals surface area contributed by atoms with Crippen LogP contribution in [0.4, 0.5) is 5.95 Å². The van der Waals surface area contributed by atoms with Crippen LogP contribution in [0.2, 0.25) is 0 Å². The summed E-state index contributed by atoms with van der Waals surface area (Å²) < 4.78 is 4.96. The molecule has 1 aromatic rings. The molecule has 16 heavy (non-hydrogen) atoms. The number of ether oxygens (including phenoxy) is 1. The summed E-state index contributed by atoms with van der Waals surface area (Å²) in [7, 11) is 3.58. The molecular weight excluding hydrogens is 206 g/mol. The highest BCUT2D eigenvalue weighted by Gasteiger charge is 2.21. The minimum Gasteiger partial charge on any atom is -0.466 e. The maximum atomic E-state index is 4.96. The average molecular weight is 225 g/mol. The smallest absolute Gasteiger partial charge is 0.336 e. The van der Waals surface area contributed by atoms with E-state index in [0.717, 1.165) is 31.5 Å². The van der Waals surface area contributed by atoms with Crippen LogP contribution in [0.1, 0.15) is 12.8 Å². The van der Waals surface area contributed by atoms with Crippen LogP contribution >= 0.6 is 0 Å². The van der Waals surface area contributed by atoms with Crippen molar-refractivity contribution in [3.63, 3.8) is 0 Å². The van der Waals surface area contributed by atoms with Gasteiger partial charge in [0, 0.05) is 13.1 Å². The second-order valence-corrected chi connectivity index (χ2v) is 4.13. The summed E-state index contributed by atoms with van der Waals surface area (Å²) in [6, 6.07) is 0.410. The third kappa shape index (κ3) is 2.44. The Morgan fingerprint density at radius 2 is 2.25 bits per heavy atom. The standard InChI is InChI=1S/C10H19N5O/c1-11-7-8-3-5-15(6-4-8)9-12-10(16-2)14-13-9/h8,11H,3-7H2,1-2H3,(H,12,13,14). The molecule has 6 nitrogen and oxygen atoms in total. The molecule has 0 spiro atoms. The van der Waals surface area contributed by atoms with E-state index >= 15 is 0 Å². The molecule has 1 aliphatic heterocycles. The van der Waals surface area contributed by atoms with E-state index in [0.29, 0.717) is 6.01 Å². The molecule has 0 radical (unpaired) electrons. The van der Waals surface area contributed by atoms with E-state index in [4.69, 9.17) is 4.74 Å². The third-order valence-electron chi connectivity index (χ3n) is 3.04. The number of methoxy groups -OCH3 is 1. The molecular formula is C10H19N5O. The van der Waals surface area contributed by atoms with Gasteiger partial charge in [-0.2, -0.15) is 4.98 Å². The highest BCUT2D eigenvalue weighted by molar-refractivity contribution is 5.30. The number of nitrogens with zero attached hydrogens (tertiary/aromatic N) is 3. The summed E-state index contributed by atoms with van der Waals surface area (Å²) in [5, 5.41) is 10.1. The number of nitrogens with one attached hydrogen (secondary N) is 2. The SMILES string of the molecule is CNCC1CCN(c2nc(OC)n[nH]2)CC1. The Balaban J connectivity index is 1.88. The van der Waals surface area contributed by atoms with Gasteiger partial charge in [-0.05, 0) is 32.4 Å². The molecule has 90 valence electrons. The molecule has 0 amide bonds. The molecule has 1 saturated heterocycles. The molecule has 0 aliphatic carbocycles. The summed E-state index contributed by atoms with van der Waals surface area (Å²) >= 11 is 0. The summed E-state index contributed by atoms with van der Waals surface area (Å²) in [4.78, 5) is 6.47. The first-order chi connectivity index (χ1) is 7.83. The lowest BCUT2D eigenvalue weighted by Gasteiger charge is -2.31. The van der Waals surface area contributed by atoms with Gasteiger partial charge in [-0.15, -0.1) is 5.10 Å². The van der Waals surface area contributed by atoms with E-state index < -0.39 is 0 Å². The van der Waals surface area contributed by atoms with Crippen molar-refractivity contribution in [1.29, 1.82) is 0 Å². The quantitative estimate of drug-likeness (QED) is 0.769. The highest BCUT2D eigenvalue weighted by Crippen LogP contribution is 2.20. The predicted octanol–water partition coefficient (Wildman–Crippen LogP) is 0.249. The minimum absolute atomic E-state index is 0.410. The number of aromatic nitrogens is 3. The van der Waals surface area contributed by atoms with E-state index in [9.17, 15) is 0 Å². The Kier molecular flexibility index (Phi) is 3.61. The minimum atomic E-state index is 0.410. The highest BCUT2D eigenvalue weighted by atomic mass is 16.5. The molecule has 0 bridgehead atoms. The Hall–Kier alpha value is -1.30. The molecule has 0 saturated carbocycles. The summed E-state index contributed by atoms with van der Waals surface area (Å²) in [5.41, 5.74) is 0. The molecule has 0 atom stereocenters. The average Bonchev–Trinajstić information content (AvgIpc) is 2.79. The van der Waals surface area contributed by atoms with Crippen molar-refractivity contribution in [1.82, 2.24) is 20.5 Å². The van der Waals surface area contributed by atoms with Gasteiger partial charge in [-0.3, -0.25) is 0 Å². The molecule has 1 aliphatic rings. The fraction of sp³-hybridized carbons (Fsp3) is 0.800. The summed E-state index contributed by atoms with van der Waals surface area (Å²) in [6.07, 6.45) is 2.40. The van der Waals surface area contributed by atoms with Crippen LogP contribution < -0.4 is 15.0 Å². The first-order valence-electron chi connectivity index (χ1n) is 5.69. The van der Waals surface area contributed by atoms with Crippen molar-refractivity contribution < 1.29 is 4.74 Å². The topological polar surface area (TPSA) is 66.1 Å². The summed E-state index contributed by atoms with van der Waals surface area (Å²) in [5.74, 6) is 1.60. The molecule has 6 heteroatoms. The van der Waals surface area contributed by atoms with Crippen molar-refractivity contribution in [2.45, 2.75) is 12.8 Å². The lowest BCUT2D eigenvalue weighted by molar-refractivity contribution is 0.380. The number of anilines is 1. The maximum absolute atomic E-state index is 4.96. The normalized spacial score (nSPS) is 17.8. The van der Waals surface area contributed by atoms with Crippen molar-refractivity contribution >= 4 is 5.95 Å². The van der Waals surface area contributed by atoms with E-state index in [1.54, 1.807) is 7.11 Å². The second-order valence-electron chi connectivity index (χ2n) is 4.13. The first-order valence-corrected chi connectivity index (χ1v) is 5.69. The van der Waals surface area contributed by atoms with Crippen molar-refractivity contribution in [2.75, 3.05) is 38.7 Å². The van der Waals surface area contributed by atoms with Crippen LogP contribution in [0.15, 0.2) is 0 Å². The van der Waals surface area contributed by atoms with Crippen LogP contribution in [-0.2, 0) is 0 Å². The third-order valence-corrected chi connectivity index (χ3v) is 3.04. The van der Waals surface area contributed by atoms with Gasteiger partial charge in [-0.1, -0.05) is 0 Å². The molecule has 1 fully saturated rings. The van der Waals surface area contributed by atoms with Gasteiger partial charge in [0.05, 0.1) is 7.11 Å². The number of hydrogen-bond donors (Lipinski definition) is 2. The van der Waals surface area contributed by atoms with E-state index in [1.807, 2.05) is 7.05 Å². The number of aromatic amines is 1. The fourth-order valence-corrected chi connectivity index (χ4v) is 2.11. The van der Waals surface area contributed by atoms with Crippen LogP contribution in [0, 0.1) is 5.92 Å². The van der Waals surface area contributed by atoms with E-state index in [1.165, 1.54) is 12.8 Å². The van der Waals surface area contributed by atoms with Crippen LogP contribution in [0.3, 0.4) is 0 Å². The van der Waals surface area contributed by atoms with Gasteiger partial charge in [0.2, 0.25) is 5.95 Å². The van der Waals surface area contributed by atoms with Gasteiger partial charge < -0.3 is 15.0 Å². The van der Waals surface area contributed by atoms with Crippen LogP contribution in [-0.4, -0.2) is 49.0 Å². The van der Waals surface area contributed by atoms with Crippen molar-refractivity contribution in [2.24, 2.45) is 5.92 Å². The predicted molar refractivity (Wildman–Crippen MR) is 61.8 cm³/mol. The molecule has 2 heterocycles. The Bertz CT molecular complexity index is 319. The molecule has 1 aromatic heterocycles. The zero-order valence-corrected chi connectivity index (χ0v) is 9.86. The second kappa shape index (κ2) is 5.16. The van der Waals surface area contributed by atoms with Crippen LogP contribution in [0.25, 0.3) is 0 Å². The number of piperidine rings is 1. The number of rotatable bonds is 4. The molecule has 2 rings (SSSR count). The first kappa shape index (κ1) is 11.2. The number of hydrogen-bond acceptors (Lipinski definition) is 5. The fourth-order valence-electron chi connectivity index (χ4n) is 2.11. The van der Waals surface area contributed by atoms with Gasteiger partial charge in [0.25, 0.3) is 0 Å². The number of H-pyrrole nitrogens is 1. The molecule has 0 unspecified atom stereocenters. The lowest BCUT2D eigenvalue weighted by atomic mass is 9.97. The van der Waals surface area contributed by atoms with Crippen molar-refractivity contribution in [3.05, 3.63) is 0 Å². The zero-order valence-electron chi connectivity index (χ0n) is 9.86. The van der Waals surface area contributed by atoms with Gasteiger partial charge in [0.15, 0.2) is 0 Å². The molecule has 0 aromatic carbocycles. The maximum Gasteiger partial charge on any atom is 0.336 e. The van der Waals surface area contributed by atoms with Crippen LogP contribution in [0.5, 0.6) is 6.01 Å². The van der Waals surface area contributed by atoms with E-state index in [2.05, 4.69) is 25.4 Å². The van der Waals surface area contributed by atoms with Gasteiger partial charge in [0.1, 0.15) is 0 Å². The Morgan fingerprint density at radius 1 is 1.50 bits per heavy atom. The monoisotopic (exact) mass is 225 g/mol. The van der Waals surface area contributed by atoms with Gasteiger partial charge in [-0.25, -0.2) is 5.10 Å². The Morgan fingerprint density at radius 3 is 2.81 bits per heavy atom. The van der Waals surface area contributed by atoms with Crippen molar-refractivity contribution in [3.8, 4) is 6.01 Å². The largest absolute Gasteiger partial charge is 0.466 e. The Labute approximate surface area is 95.4 Å². The lowest BCUT2D eigenvalue weighted by Crippen LogP contribution is -2.37. The van der Waals surface area contributed by atoms with Gasteiger partial charge >= 0.3 is 6.01 Å². The summed E-state index contributed by atoms with van der Waals surface area (Å²) in [6.45, 7) is 3.17. The van der Waals surface area contributed by atoms with E-state index in [-0.39, 0.29) is 0 Å².